The predicted molar refractivity (Wildman–Crippen MR) is 129 cm³/mol. The number of ketones is 1. The van der Waals surface area contributed by atoms with Crippen molar-refractivity contribution >= 4 is 17.6 Å². The maximum Gasteiger partial charge on any atom is 0.245 e. The Bertz CT molecular complexity index is 926. The van der Waals surface area contributed by atoms with Crippen LogP contribution in [0.5, 0.6) is 5.75 Å². The third-order valence-corrected chi connectivity index (χ3v) is 6.53. The molecule has 2 amide bonds. The van der Waals surface area contributed by atoms with Gasteiger partial charge in [-0.05, 0) is 62.6 Å². The number of aliphatic hydroxyl groups excluding tert-OH is 2. The van der Waals surface area contributed by atoms with E-state index in [1.165, 1.54) is 0 Å². The molecule has 4 N–H and O–H groups in total. The first kappa shape index (κ1) is 27.1. The van der Waals surface area contributed by atoms with Crippen LogP contribution in [0.1, 0.15) is 51.7 Å². The van der Waals surface area contributed by atoms with Crippen LogP contribution in [0, 0.1) is 11.8 Å². The van der Waals surface area contributed by atoms with Crippen LogP contribution in [-0.2, 0) is 32.0 Å². The van der Waals surface area contributed by atoms with Gasteiger partial charge < -0.3 is 30.3 Å². The number of Topliss-reactive ketones (excluding diaryl/α,β-unsaturated/α-hetero) is 1. The largest absolute Gasteiger partial charge is 0.491 e. The molecular formula is C26H38N2O7. The van der Waals surface area contributed by atoms with E-state index in [0.717, 1.165) is 16.9 Å². The molecule has 0 bridgehead atoms. The summed E-state index contributed by atoms with van der Waals surface area (Å²) in [6.45, 7) is 6.82. The fraction of sp³-hybridized carbons (Fsp3) is 0.654. The molecule has 1 aromatic carbocycles. The van der Waals surface area contributed by atoms with Gasteiger partial charge in [-0.1, -0.05) is 26.0 Å². The molecule has 1 aliphatic heterocycles. The summed E-state index contributed by atoms with van der Waals surface area (Å²) >= 11 is 0. The Labute approximate surface area is 206 Å². The first-order valence-electron chi connectivity index (χ1n) is 12.4. The molecule has 0 saturated carbocycles. The third kappa shape index (κ3) is 6.59. The smallest absolute Gasteiger partial charge is 0.245 e. The van der Waals surface area contributed by atoms with Crippen LogP contribution in [0.25, 0.3) is 0 Å². The van der Waals surface area contributed by atoms with Crippen LogP contribution in [-0.4, -0.2) is 71.4 Å². The number of carbonyl (C=O) groups excluding carboxylic acids is 3. The number of amides is 2. The number of epoxide rings is 1. The van der Waals surface area contributed by atoms with Crippen molar-refractivity contribution in [1.82, 2.24) is 10.6 Å². The Hall–Kier alpha value is -2.49. The molecule has 0 radical (unpaired) electrons. The Balaban J connectivity index is 1.63. The third-order valence-electron chi connectivity index (χ3n) is 6.53. The van der Waals surface area contributed by atoms with E-state index >= 15 is 0 Å². The number of aliphatic hydroxyl groups is 2. The lowest BCUT2D eigenvalue weighted by Gasteiger charge is -2.28. The molecule has 0 aromatic heterocycles. The van der Waals surface area contributed by atoms with Gasteiger partial charge >= 0.3 is 0 Å². The molecule has 3 unspecified atom stereocenters. The number of carbonyl (C=O) groups is 3. The van der Waals surface area contributed by atoms with Gasteiger partial charge in [0, 0.05) is 5.92 Å². The van der Waals surface area contributed by atoms with E-state index in [-0.39, 0.29) is 30.5 Å². The van der Waals surface area contributed by atoms with Crippen molar-refractivity contribution < 1.29 is 34.1 Å². The summed E-state index contributed by atoms with van der Waals surface area (Å²) in [6.07, 6.45) is 2.20. The van der Waals surface area contributed by atoms with Crippen LogP contribution in [0.4, 0.5) is 0 Å². The summed E-state index contributed by atoms with van der Waals surface area (Å²) in [5.41, 5.74) is 0.885. The Morgan fingerprint density at radius 2 is 1.86 bits per heavy atom. The van der Waals surface area contributed by atoms with Crippen LogP contribution in [0.3, 0.4) is 0 Å². The minimum absolute atomic E-state index is 0.0523. The van der Waals surface area contributed by atoms with Crippen LogP contribution in [0.15, 0.2) is 18.2 Å². The molecule has 1 aliphatic carbocycles. The molecule has 9 nitrogen and oxygen atoms in total. The van der Waals surface area contributed by atoms with E-state index in [1.54, 1.807) is 0 Å². The van der Waals surface area contributed by atoms with E-state index in [9.17, 15) is 24.6 Å². The maximum absolute atomic E-state index is 13.0. The molecule has 2 aliphatic rings. The van der Waals surface area contributed by atoms with E-state index < -0.39 is 42.6 Å². The minimum atomic E-state index is -1.27. The summed E-state index contributed by atoms with van der Waals surface area (Å²) in [4.78, 5) is 38.8. The summed E-state index contributed by atoms with van der Waals surface area (Å²) < 4.78 is 11.1. The van der Waals surface area contributed by atoms with Crippen molar-refractivity contribution in [1.29, 1.82) is 0 Å². The highest BCUT2D eigenvalue weighted by Crippen LogP contribution is 2.33. The normalized spacial score (nSPS) is 22.8. The van der Waals surface area contributed by atoms with Gasteiger partial charge in [-0.3, -0.25) is 14.4 Å². The second-order valence-corrected chi connectivity index (χ2v) is 10.2. The van der Waals surface area contributed by atoms with Crippen LogP contribution >= 0.6 is 0 Å². The minimum Gasteiger partial charge on any atom is -0.491 e. The SMILES string of the molecule is CC(C)CC(NC(=O)[C@H](CO)NC(=O)C1CCc2c(cccc2OC(C)C)C1)C(=O)C1(CO)CO1. The van der Waals surface area contributed by atoms with Gasteiger partial charge in [0.15, 0.2) is 11.4 Å². The highest BCUT2D eigenvalue weighted by molar-refractivity contribution is 5.98. The van der Waals surface area contributed by atoms with Gasteiger partial charge in [-0.2, -0.15) is 0 Å². The number of rotatable bonds is 12. The average molecular weight is 491 g/mol. The van der Waals surface area contributed by atoms with E-state index in [0.29, 0.717) is 25.7 Å². The Kier molecular flexibility index (Phi) is 8.90. The number of fused-ring (bicyclic) bond motifs is 1. The lowest BCUT2D eigenvalue weighted by Crippen LogP contribution is -2.56. The van der Waals surface area contributed by atoms with Crippen molar-refractivity contribution in [2.45, 2.75) is 77.2 Å². The van der Waals surface area contributed by atoms with Gasteiger partial charge in [-0.25, -0.2) is 0 Å². The fourth-order valence-electron chi connectivity index (χ4n) is 4.54. The summed E-state index contributed by atoms with van der Waals surface area (Å²) in [6, 6.07) is 3.76. The summed E-state index contributed by atoms with van der Waals surface area (Å²) in [5.74, 6) is -0.767. The van der Waals surface area contributed by atoms with Gasteiger partial charge in [0.25, 0.3) is 0 Å². The van der Waals surface area contributed by atoms with Crippen molar-refractivity contribution in [3.05, 3.63) is 29.3 Å². The predicted octanol–water partition coefficient (Wildman–Crippen LogP) is 0.917. The van der Waals surface area contributed by atoms with Crippen molar-refractivity contribution in [3.8, 4) is 5.75 Å². The summed E-state index contributed by atoms with van der Waals surface area (Å²) in [5, 5.41) is 24.7. The standard InChI is InChI=1S/C26H38N2O7/c1-15(2)10-20(23(31)26(13-30)14-34-26)27-25(33)21(12-29)28-24(32)18-8-9-19-17(11-18)6-5-7-22(19)35-16(3)4/h5-7,15-16,18,20-21,29-30H,8-14H2,1-4H3,(H,27,33)(H,28,32)/t18?,20?,21-,26?/m0/s1. The first-order valence-corrected chi connectivity index (χ1v) is 12.4. The molecule has 1 fully saturated rings. The second kappa shape index (κ2) is 11.5. The quantitative estimate of drug-likeness (QED) is 0.320. The number of ether oxygens (including phenoxy) is 2. The fourth-order valence-corrected chi connectivity index (χ4v) is 4.54. The number of nitrogens with one attached hydrogen (secondary N) is 2. The zero-order valence-corrected chi connectivity index (χ0v) is 21.0. The Morgan fingerprint density at radius 3 is 2.43 bits per heavy atom. The molecule has 9 heteroatoms. The zero-order valence-electron chi connectivity index (χ0n) is 21.0. The van der Waals surface area contributed by atoms with Gasteiger partial charge in [0.05, 0.1) is 32.0 Å². The first-order chi connectivity index (χ1) is 16.6. The molecule has 1 heterocycles. The van der Waals surface area contributed by atoms with Crippen LogP contribution in [0.2, 0.25) is 0 Å². The molecule has 1 saturated heterocycles. The highest BCUT2D eigenvalue weighted by Gasteiger charge is 2.54. The number of hydrogen-bond acceptors (Lipinski definition) is 7. The molecule has 1 aromatic rings. The molecule has 4 atom stereocenters. The van der Waals surface area contributed by atoms with Gasteiger partial charge in [0.1, 0.15) is 11.8 Å². The highest BCUT2D eigenvalue weighted by atomic mass is 16.6. The molecule has 3 rings (SSSR count). The van der Waals surface area contributed by atoms with Crippen molar-refractivity contribution in [2.75, 3.05) is 19.8 Å². The molecule has 35 heavy (non-hydrogen) atoms. The van der Waals surface area contributed by atoms with Gasteiger partial charge in [0.2, 0.25) is 11.8 Å². The molecule has 194 valence electrons. The molecule has 0 spiro atoms. The Morgan fingerprint density at radius 1 is 1.14 bits per heavy atom. The molecular weight excluding hydrogens is 452 g/mol. The number of benzene rings is 1. The topological polar surface area (TPSA) is 137 Å². The van der Waals surface area contributed by atoms with Gasteiger partial charge in [-0.15, -0.1) is 0 Å². The lowest BCUT2D eigenvalue weighted by atomic mass is 9.83. The monoisotopic (exact) mass is 490 g/mol. The summed E-state index contributed by atoms with van der Waals surface area (Å²) in [7, 11) is 0. The lowest BCUT2D eigenvalue weighted by molar-refractivity contribution is -0.135. The van der Waals surface area contributed by atoms with E-state index in [4.69, 9.17) is 9.47 Å². The maximum atomic E-state index is 13.0. The number of hydrogen-bond donors (Lipinski definition) is 4. The van der Waals surface area contributed by atoms with E-state index in [2.05, 4.69) is 10.6 Å². The second-order valence-electron chi connectivity index (χ2n) is 10.2. The van der Waals surface area contributed by atoms with Crippen molar-refractivity contribution in [2.24, 2.45) is 11.8 Å². The van der Waals surface area contributed by atoms with Crippen LogP contribution < -0.4 is 15.4 Å². The zero-order chi connectivity index (χ0) is 25.8. The average Bonchev–Trinajstić information content (AvgIpc) is 3.62. The van der Waals surface area contributed by atoms with Crippen molar-refractivity contribution in [3.63, 3.8) is 0 Å². The van der Waals surface area contributed by atoms with E-state index in [1.807, 2.05) is 45.9 Å².